The maximum Gasteiger partial charge on any atom is 0.132 e. The summed E-state index contributed by atoms with van der Waals surface area (Å²) in [4.78, 5) is 0. The fraction of sp³-hybridized carbons (Fsp3) is 0.333. The first kappa shape index (κ1) is 15.5. The topological polar surface area (TPSA) is 35.2 Å². The van der Waals surface area contributed by atoms with Gasteiger partial charge in [-0.2, -0.15) is 0 Å². The van der Waals surface area contributed by atoms with E-state index in [1.54, 1.807) is 6.07 Å². The molecule has 0 aliphatic rings. The Balaban J connectivity index is 2.22. The minimum Gasteiger partial charge on any atom is -0.457 e. The van der Waals surface area contributed by atoms with Crippen LogP contribution >= 0.6 is 0 Å². The molecule has 2 aromatic carbocycles. The van der Waals surface area contributed by atoms with Crippen molar-refractivity contribution in [2.75, 3.05) is 0 Å². The second kappa shape index (κ2) is 6.72. The molecule has 0 bridgehead atoms. The zero-order chi connectivity index (χ0) is 15.4. The molecule has 2 atom stereocenters. The van der Waals surface area contributed by atoms with E-state index in [4.69, 9.17) is 10.5 Å². The van der Waals surface area contributed by atoms with Gasteiger partial charge < -0.3 is 10.5 Å². The van der Waals surface area contributed by atoms with Crippen LogP contribution in [0.1, 0.15) is 50.3 Å². The van der Waals surface area contributed by atoms with Gasteiger partial charge in [-0.3, -0.25) is 0 Å². The Morgan fingerprint density at radius 3 is 2.33 bits per heavy atom. The van der Waals surface area contributed by atoms with Gasteiger partial charge in [0.15, 0.2) is 0 Å². The van der Waals surface area contributed by atoms with Crippen LogP contribution in [0.25, 0.3) is 0 Å². The number of halogens is 1. The zero-order valence-corrected chi connectivity index (χ0v) is 12.8. The van der Waals surface area contributed by atoms with E-state index in [0.717, 1.165) is 12.2 Å². The first-order valence-electron chi connectivity index (χ1n) is 7.34. The van der Waals surface area contributed by atoms with Crippen LogP contribution in [0, 0.1) is 5.82 Å². The van der Waals surface area contributed by atoms with Gasteiger partial charge in [-0.15, -0.1) is 0 Å². The van der Waals surface area contributed by atoms with Crippen molar-refractivity contribution >= 4 is 0 Å². The minimum absolute atomic E-state index is 0.282. The molecule has 0 fully saturated rings. The van der Waals surface area contributed by atoms with Crippen LogP contribution in [0.4, 0.5) is 4.39 Å². The number of ether oxygens (including phenoxy) is 1. The highest BCUT2D eigenvalue weighted by atomic mass is 19.1. The van der Waals surface area contributed by atoms with E-state index in [2.05, 4.69) is 26.0 Å². The summed E-state index contributed by atoms with van der Waals surface area (Å²) in [6.45, 7) is 6.18. The maximum absolute atomic E-state index is 13.3. The number of hydrogen-bond donors (Lipinski definition) is 1. The van der Waals surface area contributed by atoms with Crippen molar-refractivity contribution in [3.05, 3.63) is 59.4 Å². The van der Waals surface area contributed by atoms with Crippen molar-refractivity contribution in [3.8, 4) is 11.5 Å². The Hall–Kier alpha value is -1.87. The summed E-state index contributed by atoms with van der Waals surface area (Å²) in [5.41, 5.74) is 7.83. The molecule has 0 aliphatic heterocycles. The number of benzene rings is 2. The molecule has 0 amide bonds. The molecular formula is C18H22FNO. The highest BCUT2D eigenvalue weighted by molar-refractivity contribution is 5.40. The summed E-state index contributed by atoms with van der Waals surface area (Å²) in [5.74, 6) is 1.56. The summed E-state index contributed by atoms with van der Waals surface area (Å²) in [6, 6.07) is 12.2. The van der Waals surface area contributed by atoms with Crippen molar-refractivity contribution in [1.29, 1.82) is 0 Å². The Morgan fingerprint density at radius 1 is 1.10 bits per heavy atom. The van der Waals surface area contributed by atoms with Crippen LogP contribution < -0.4 is 10.5 Å². The van der Waals surface area contributed by atoms with E-state index < -0.39 is 0 Å². The summed E-state index contributed by atoms with van der Waals surface area (Å²) in [7, 11) is 0. The van der Waals surface area contributed by atoms with Crippen LogP contribution in [-0.2, 0) is 0 Å². The molecular weight excluding hydrogens is 265 g/mol. The summed E-state index contributed by atoms with van der Waals surface area (Å²) in [5, 5.41) is 0. The summed E-state index contributed by atoms with van der Waals surface area (Å²) in [6.07, 6.45) is 1.10. The van der Waals surface area contributed by atoms with E-state index in [1.807, 2.05) is 19.1 Å². The molecule has 0 spiro atoms. The van der Waals surface area contributed by atoms with Gasteiger partial charge in [0.1, 0.15) is 17.3 Å². The predicted octanol–water partition coefficient (Wildman–Crippen LogP) is 5.15. The van der Waals surface area contributed by atoms with Crippen LogP contribution in [0.3, 0.4) is 0 Å². The minimum atomic E-state index is -0.304. The molecule has 21 heavy (non-hydrogen) atoms. The SMILES string of the molecule is CCC(C)c1ccc(Oc2ccc(F)cc2[C@H](C)N)cc1. The number of hydrogen-bond acceptors (Lipinski definition) is 2. The molecule has 112 valence electrons. The van der Waals surface area contributed by atoms with Crippen molar-refractivity contribution in [2.45, 2.75) is 39.2 Å². The molecule has 0 radical (unpaired) electrons. The average Bonchev–Trinajstić information content (AvgIpc) is 2.49. The number of nitrogens with two attached hydrogens (primary N) is 1. The zero-order valence-electron chi connectivity index (χ0n) is 12.8. The molecule has 3 heteroatoms. The van der Waals surface area contributed by atoms with Crippen LogP contribution in [0.15, 0.2) is 42.5 Å². The fourth-order valence-corrected chi connectivity index (χ4v) is 2.20. The predicted molar refractivity (Wildman–Crippen MR) is 84.2 cm³/mol. The Bertz CT molecular complexity index is 593. The van der Waals surface area contributed by atoms with E-state index in [9.17, 15) is 4.39 Å². The molecule has 2 aromatic rings. The molecule has 1 unspecified atom stereocenters. The third-order valence-electron chi connectivity index (χ3n) is 3.75. The Morgan fingerprint density at radius 2 is 1.76 bits per heavy atom. The van der Waals surface area contributed by atoms with Crippen molar-refractivity contribution in [2.24, 2.45) is 5.73 Å². The smallest absolute Gasteiger partial charge is 0.132 e. The quantitative estimate of drug-likeness (QED) is 0.825. The average molecular weight is 287 g/mol. The van der Waals surface area contributed by atoms with Gasteiger partial charge in [-0.1, -0.05) is 26.0 Å². The molecule has 0 aliphatic carbocycles. The van der Waals surface area contributed by atoms with Gasteiger partial charge in [0, 0.05) is 11.6 Å². The lowest BCUT2D eigenvalue weighted by atomic mass is 9.99. The first-order chi connectivity index (χ1) is 10.0. The molecule has 0 saturated carbocycles. The molecule has 2 N–H and O–H groups in total. The van der Waals surface area contributed by atoms with Crippen LogP contribution in [0.2, 0.25) is 0 Å². The molecule has 0 saturated heterocycles. The second-order valence-corrected chi connectivity index (χ2v) is 5.45. The van der Waals surface area contributed by atoms with E-state index in [1.165, 1.54) is 17.7 Å². The fourth-order valence-electron chi connectivity index (χ4n) is 2.20. The lowest BCUT2D eigenvalue weighted by Gasteiger charge is -2.15. The molecule has 2 rings (SSSR count). The second-order valence-electron chi connectivity index (χ2n) is 5.45. The normalized spacial score (nSPS) is 13.8. The molecule has 0 heterocycles. The Labute approximate surface area is 125 Å². The molecule has 0 aromatic heterocycles. The van der Waals surface area contributed by atoms with Crippen LogP contribution in [-0.4, -0.2) is 0 Å². The Kier molecular flexibility index (Phi) is 4.97. The lowest BCUT2D eigenvalue weighted by molar-refractivity contribution is 0.469. The van der Waals surface area contributed by atoms with E-state index in [0.29, 0.717) is 17.2 Å². The highest BCUT2D eigenvalue weighted by Crippen LogP contribution is 2.30. The van der Waals surface area contributed by atoms with Crippen molar-refractivity contribution < 1.29 is 9.13 Å². The standard InChI is InChI=1S/C18H22FNO/c1-4-12(2)14-5-8-16(9-6-14)21-18-10-7-15(19)11-17(18)13(3)20/h5-13H,4,20H2,1-3H3/t12?,13-/m0/s1. The van der Waals surface area contributed by atoms with Gasteiger partial charge in [-0.05, 0) is 55.2 Å². The van der Waals surface area contributed by atoms with Gasteiger partial charge in [0.25, 0.3) is 0 Å². The van der Waals surface area contributed by atoms with E-state index in [-0.39, 0.29) is 11.9 Å². The van der Waals surface area contributed by atoms with Gasteiger partial charge in [0.05, 0.1) is 0 Å². The van der Waals surface area contributed by atoms with Crippen molar-refractivity contribution in [3.63, 3.8) is 0 Å². The largest absolute Gasteiger partial charge is 0.457 e. The maximum atomic E-state index is 13.3. The lowest BCUT2D eigenvalue weighted by Crippen LogP contribution is -2.07. The third kappa shape index (κ3) is 3.82. The monoisotopic (exact) mass is 287 g/mol. The molecule has 2 nitrogen and oxygen atoms in total. The van der Waals surface area contributed by atoms with Crippen molar-refractivity contribution in [1.82, 2.24) is 0 Å². The van der Waals surface area contributed by atoms with Crippen LogP contribution in [0.5, 0.6) is 11.5 Å². The highest BCUT2D eigenvalue weighted by Gasteiger charge is 2.11. The van der Waals surface area contributed by atoms with Gasteiger partial charge in [0.2, 0.25) is 0 Å². The van der Waals surface area contributed by atoms with Gasteiger partial charge >= 0.3 is 0 Å². The first-order valence-corrected chi connectivity index (χ1v) is 7.34. The summed E-state index contributed by atoms with van der Waals surface area (Å²) < 4.78 is 19.2. The van der Waals surface area contributed by atoms with Gasteiger partial charge in [-0.25, -0.2) is 4.39 Å². The van der Waals surface area contributed by atoms with E-state index >= 15 is 0 Å². The number of rotatable bonds is 5. The third-order valence-corrected chi connectivity index (χ3v) is 3.75. The summed E-state index contributed by atoms with van der Waals surface area (Å²) >= 11 is 0.